The predicted molar refractivity (Wildman–Crippen MR) is 140 cm³/mol. The molecule has 5 rings (SSSR count). The highest BCUT2D eigenvalue weighted by molar-refractivity contribution is 5.66. The zero-order chi connectivity index (χ0) is 24.9. The Balaban J connectivity index is 1.54. The largest absolute Gasteiger partial charge is 0.462 e. The van der Waals surface area contributed by atoms with E-state index in [-0.39, 0.29) is 17.5 Å². The van der Waals surface area contributed by atoms with Crippen LogP contribution in [0.5, 0.6) is 0 Å². The number of rotatable bonds is 1. The van der Waals surface area contributed by atoms with Crippen LogP contribution >= 0.6 is 0 Å². The standard InChI is InChI=1S/C32H52O2/c1-21(33)34-26-13-14-30(7)24(28(26,4)5)12-15-32(9)25(30)11-10-22-23-20-27(2,3)16-17-29(23,6)18-19-31(22,32)8/h24-26H,10-20H2,1-9H3/t24?,25-,26-,29+,30+,31+,32+/m0/s1. The Kier molecular flexibility index (Phi) is 5.40. The maximum Gasteiger partial charge on any atom is 0.302 e. The van der Waals surface area contributed by atoms with E-state index in [2.05, 4.69) is 55.4 Å². The van der Waals surface area contributed by atoms with Gasteiger partial charge in [0.1, 0.15) is 6.10 Å². The minimum atomic E-state index is -0.107. The molecular formula is C32H52O2. The molecule has 192 valence electrons. The first-order valence-electron chi connectivity index (χ1n) is 14.5. The maximum atomic E-state index is 11.9. The topological polar surface area (TPSA) is 26.3 Å². The molecule has 0 heterocycles. The smallest absolute Gasteiger partial charge is 0.302 e. The molecule has 4 fully saturated rings. The van der Waals surface area contributed by atoms with Gasteiger partial charge in [-0.25, -0.2) is 0 Å². The molecule has 0 saturated heterocycles. The summed E-state index contributed by atoms with van der Waals surface area (Å²) in [6.45, 7) is 22.1. The van der Waals surface area contributed by atoms with Crippen molar-refractivity contribution in [1.29, 1.82) is 0 Å². The van der Waals surface area contributed by atoms with Crippen molar-refractivity contribution in [2.24, 2.45) is 44.3 Å². The highest BCUT2D eigenvalue weighted by atomic mass is 16.5. The van der Waals surface area contributed by atoms with Gasteiger partial charge in [0.2, 0.25) is 0 Å². The van der Waals surface area contributed by atoms with Gasteiger partial charge in [0, 0.05) is 12.3 Å². The first-order chi connectivity index (χ1) is 15.6. The molecule has 5 aliphatic carbocycles. The highest BCUT2D eigenvalue weighted by Crippen LogP contribution is 2.75. The van der Waals surface area contributed by atoms with E-state index < -0.39 is 0 Å². The van der Waals surface area contributed by atoms with Crippen molar-refractivity contribution in [3.8, 4) is 0 Å². The number of hydrogen-bond acceptors (Lipinski definition) is 2. The van der Waals surface area contributed by atoms with E-state index >= 15 is 0 Å². The fourth-order valence-electron chi connectivity index (χ4n) is 10.9. The van der Waals surface area contributed by atoms with E-state index in [0.717, 1.165) is 12.3 Å². The van der Waals surface area contributed by atoms with Crippen LogP contribution in [0.2, 0.25) is 0 Å². The first kappa shape index (κ1) is 24.9. The zero-order valence-corrected chi connectivity index (χ0v) is 23.8. The summed E-state index contributed by atoms with van der Waals surface area (Å²) in [5.41, 5.74) is 5.84. The maximum absolute atomic E-state index is 11.9. The number of ether oxygens (including phenoxy) is 1. The van der Waals surface area contributed by atoms with Crippen LogP contribution in [0.1, 0.15) is 133 Å². The molecule has 2 heteroatoms. The molecule has 0 spiro atoms. The molecule has 0 N–H and O–H groups in total. The molecule has 4 saturated carbocycles. The van der Waals surface area contributed by atoms with Gasteiger partial charge in [-0.1, -0.05) is 66.5 Å². The molecule has 7 atom stereocenters. The van der Waals surface area contributed by atoms with Crippen LogP contribution in [0.25, 0.3) is 0 Å². The van der Waals surface area contributed by atoms with E-state index in [4.69, 9.17) is 4.74 Å². The second-order valence-electron chi connectivity index (χ2n) is 15.8. The summed E-state index contributed by atoms with van der Waals surface area (Å²) in [6, 6.07) is 0. The van der Waals surface area contributed by atoms with Crippen LogP contribution in [-0.4, -0.2) is 12.1 Å². The van der Waals surface area contributed by atoms with Gasteiger partial charge in [-0.05, 0) is 110 Å². The Morgan fingerprint density at radius 3 is 2.12 bits per heavy atom. The molecule has 0 radical (unpaired) electrons. The van der Waals surface area contributed by atoms with Crippen molar-refractivity contribution in [2.75, 3.05) is 0 Å². The molecule has 5 aliphatic rings. The van der Waals surface area contributed by atoms with E-state index in [1.807, 2.05) is 11.1 Å². The van der Waals surface area contributed by atoms with Gasteiger partial charge in [-0.3, -0.25) is 4.79 Å². The third-order valence-corrected chi connectivity index (χ3v) is 13.2. The van der Waals surface area contributed by atoms with Gasteiger partial charge in [0.05, 0.1) is 0 Å². The lowest BCUT2D eigenvalue weighted by Crippen LogP contribution is -2.64. The summed E-state index contributed by atoms with van der Waals surface area (Å²) in [6.07, 6.45) is 14.5. The summed E-state index contributed by atoms with van der Waals surface area (Å²) in [4.78, 5) is 11.9. The Bertz CT molecular complexity index is 910. The van der Waals surface area contributed by atoms with Crippen molar-refractivity contribution < 1.29 is 9.53 Å². The van der Waals surface area contributed by atoms with Crippen LogP contribution in [0.3, 0.4) is 0 Å². The lowest BCUT2D eigenvalue weighted by molar-refractivity contribution is -0.213. The number of fused-ring (bicyclic) bond motifs is 6. The van der Waals surface area contributed by atoms with E-state index in [0.29, 0.717) is 33.0 Å². The Labute approximate surface area is 210 Å². The zero-order valence-electron chi connectivity index (χ0n) is 23.8. The van der Waals surface area contributed by atoms with Crippen molar-refractivity contribution in [3.63, 3.8) is 0 Å². The second kappa shape index (κ2) is 7.38. The van der Waals surface area contributed by atoms with E-state index in [9.17, 15) is 4.79 Å². The number of allylic oxidation sites excluding steroid dienone is 2. The molecule has 34 heavy (non-hydrogen) atoms. The van der Waals surface area contributed by atoms with Gasteiger partial charge in [-0.2, -0.15) is 0 Å². The highest BCUT2D eigenvalue weighted by Gasteiger charge is 2.67. The normalized spacial score (nSPS) is 49.3. The van der Waals surface area contributed by atoms with Gasteiger partial charge in [0.25, 0.3) is 0 Å². The van der Waals surface area contributed by atoms with Crippen molar-refractivity contribution in [3.05, 3.63) is 11.1 Å². The van der Waals surface area contributed by atoms with Gasteiger partial charge < -0.3 is 4.74 Å². The molecule has 0 aliphatic heterocycles. The van der Waals surface area contributed by atoms with Gasteiger partial charge in [-0.15, -0.1) is 0 Å². The molecule has 0 amide bonds. The van der Waals surface area contributed by atoms with Crippen LogP contribution in [-0.2, 0) is 9.53 Å². The van der Waals surface area contributed by atoms with Gasteiger partial charge >= 0.3 is 5.97 Å². The van der Waals surface area contributed by atoms with Crippen LogP contribution in [0.15, 0.2) is 11.1 Å². The quantitative estimate of drug-likeness (QED) is 0.284. The minimum Gasteiger partial charge on any atom is -0.462 e. The fourth-order valence-corrected chi connectivity index (χ4v) is 10.9. The van der Waals surface area contributed by atoms with Crippen molar-refractivity contribution >= 4 is 5.97 Å². The monoisotopic (exact) mass is 468 g/mol. The number of esters is 1. The average Bonchev–Trinajstić information content (AvgIpc) is 2.72. The van der Waals surface area contributed by atoms with Crippen LogP contribution < -0.4 is 0 Å². The molecule has 0 bridgehead atoms. The number of carbonyl (C=O) groups is 1. The molecule has 0 aromatic carbocycles. The third-order valence-electron chi connectivity index (χ3n) is 13.2. The number of hydrogen-bond donors (Lipinski definition) is 0. The SMILES string of the molecule is CC(=O)O[C@H]1CC[C@]2(C)C(CC[C@]3(C)[C@H]2CCC2=C4CC(C)(C)CC[C@]4(C)CC[C@]23C)C1(C)C. The summed E-state index contributed by atoms with van der Waals surface area (Å²) in [7, 11) is 0. The van der Waals surface area contributed by atoms with E-state index in [1.165, 1.54) is 64.2 Å². The number of carbonyl (C=O) groups excluding carboxylic acids is 1. The Hall–Kier alpha value is -0.790. The minimum absolute atomic E-state index is 0.0537. The van der Waals surface area contributed by atoms with Crippen molar-refractivity contribution in [1.82, 2.24) is 0 Å². The fraction of sp³-hybridized carbons (Fsp3) is 0.906. The average molecular weight is 469 g/mol. The summed E-state index contributed by atoms with van der Waals surface area (Å²) in [5.74, 6) is 1.30. The summed E-state index contributed by atoms with van der Waals surface area (Å²) in [5, 5.41) is 0. The molecule has 2 nitrogen and oxygen atoms in total. The van der Waals surface area contributed by atoms with Gasteiger partial charge in [0.15, 0.2) is 0 Å². The predicted octanol–water partition coefficient (Wildman–Crippen LogP) is 8.88. The Morgan fingerprint density at radius 1 is 0.765 bits per heavy atom. The molecule has 1 unspecified atom stereocenters. The van der Waals surface area contributed by atoms with E-state index in [1.54, 1.807) is 6.92 Å². The van der Waals surface area contributed by atoms with Crippen LogP contribution in [0.4, 0.5) is 0 Å². The molecular weight excluding hydrogens is 416 g/mol. The Morgan fingerprint density at radius 2 is 1.44 bits per heavy atom. The lowest BCUT2D eigenvalue weighted by Gasteiger charge is -2.71. The summed E-state index contributed by atoms with van der Waals surface area (Å²) < 4.78 is 5.91. The van der Waals surface area contributed by atoms with Crippen molar-refractivity contribution in [2.45, 2.75) is 139 Å². The van der Waals surface area contributed by atoms with Crippen LogP contribution in [0, 0.1) is 44.3 Å². The second-order valence-corrected chi connectivity index (χ2v) is 15.8. The third kappa shape index (κ3) is 3.21. The summed E-state index contributed by atoms with van der Waals surface area (Å²) >= 11 is 0. The first-order valence-corrected chi connectivity index (χ1v) is 14.5. The molecule has 0 aromatic heterocycles. The lowest BCUT2D eigenvalue weighted by atomic mass is 9.34. The molecule has 0 aromatic rings.